The van der Waals surface area contributed by atoms with Crippen molar-refractivity contribution in [3.63, 3.8) is 0 Å². The van der Waals surface area contributed by atoms with E-state index in [2.05, 4.69) is 173 Å². The maximum atomic E-state index is 2.48. The Bertz CT molecular complexity index is 2880. The molecular formula is C50H38S. The Morgan fingerprint density at radius 1 is 0.490 bits per heavy atom. The summed E-state index contributed by atoms with van der Waals surface area (Å²) in [5, 5.41) is 7.97. The van der Waals surface area contributed by atoms with E-state index in [4.69, 9.17) is 0 Å². The Hall–Kier alpha value is -5.50. The Kier molecular flexibility index (Phi) is 6.69. The molecule has 0 N–H and O–H groups in total. The highest BCUT2D eigenvalue weighted by molar-refractivity contribution is 7.26. The first-order valence-electron chi connectivity index (χ1n) is 18.1. The lowest BCUT2D eigenvalue weighted by Gasteiger charge is -2.23. The average molecular weight is 671 g/mol. The fourth-order valence-corrected chi connectivity index (χ4v) is 10.3. The number of rotatable bonds is 4. The minimum absolute atomic E-state index is 0.0467. The molecule has 0 spiro atoms. The van der Waals surface area contributed by atoms with E-state index in [1.54, 1.807) is 0 Å². The Morgan fingerprint density at radius 3 is 2.06 bits per heavy atom. The smallest absolute Gasteiger partial charge is 0.0433 e. The first kappa shape index (κ1) is 30.3. The molecule has 0 atom stereocenters. The van der Waals surface area contributed by atoms with Gasteiger partial charge in [0, 0.05) is 25.6 Å². The number of hydrogen-bond acceptors (Lipinski definition) is 1. The molecule has 0 fully saturated rings. The molecule has 0 unspecified atom stereocenters. The van der Waals surface area contributed by atoms with Gasteiger partial charge in [0.25, 0.3) is 0 Å². The number of benzene rings is 8. The standard InChI is InChI=1S/C50H38S/c1-30-25-48-45(41-24-21-32-13-5-10-18-38(32)49(41)51-48)29-42(30)37-17-9-7-15-34(37)26-43-31(2)36-16-8-6-14-33(36)27-44(43)35-22-23-40-39-19-11-12-20-46(39)50(3,4)47(40)28-35/h5-25,27-29H,26H2,1-4H3. The SMILES string of the molecule is Cc1cc2sc3c4ccccc4ccc3c2cc1-c1ccccc1Cc1c(-c2ccc3c(c2)C(C)(C)c2ccccc2-3)cc2ccccc2c1C. The molecule has 0 amide bonds. The summed E-state index contributed by atoms with van der Waals surface area (Å²) in [5.74, 6) is 0. The highest BCUT2D eigenvalue weighted by Crippen LogP contribution is 2.50. The first-order valence-corrected chi connectivity index (χ1v) is 18.9. The summed E-state index contributed by atoms with van der Waals surface area (Å²) in [5.41, 5.74) is 16.2. The zero-order valence-corrected chi connectivity index (χ0v) is 30.3. The van der Waals surface area contributed by atoms with Gasteiger partial charge in [0.1, 0.15) is 0 Å². The van der Waals surface area contributed by atoms with Crippen LogP contribution in [0.5, 0.6) is 0 Å². The summed E-state index contributed by atoms with van der Waals surface area (Å²) in [6, 6.07) is 54.8. The molecule has 0 nitrogen and oxygen atoms in total. The lowest BCUT2D eigenvalue weighted by atomic mass is 9.80. The van der Waals surface area contributed by atoms with Crippen molar-refractivity contribution in [3.05, 3.63) is 179 Å². The number of thiophene rings is 1. The molecule has 51 heavy (non-hydrogen) atoms. The van der Waals surface area contributed by atoms with Crippen molar-refractivity contribution in [2.45, 2.75) is 39.5 Å². The molecule has 0 bridgehead atoms. The van der Waals surface area contributed by atoms with Gasteiger partial charge in [-0.2, -0.15) is 0 Å². The van der Waals surface area contributed by atoms with Crippen LogP contribution in [0.4, 0.5) is 0 Å². The Morgan fingerprint density at radius 2 is 1.20 bits per heavy atom. The number of aryl methyl sites for hydroxylation is 2. The van der Waals surface area contributed by atoms with Crippen LogP contribution in [0, 0.1) is 13.8 Å². The highest BCUT2D eigenvalue weighted by Gasteiger charge is 2.35. The molecule has 9 aromatic rings. The van der Waals surface area contributed by atoms with Gasteiger partial charge in [-0.3, -0.25) is 0 Å². The van der Waals surface area contributed by atoms with Crippen LogP contribution in [0.2, 0.25) is 0 Å². The van der Waals surface area contributed by atoms with Crippen molar-refractivity contribution in [2.75, 3.05) is 0 Å². The van der Waals surface area contributed by atoms with Gasteiger partial charge in [-0.1, -0.05) is 135 Å². The number of fused-ring (bicyclic) bond motifs is 9. The van der Waals surface area contributed by atoms with Crippen molar-refractivity contribution in [3.8, 4) is 33.4 Å². The summed E-state index contributed by atoms with van der Waals surface area (Å²) < 4.78 is 2.74. The van der Waals surface area contributed by atoms with E-state index in [0.29, 0.717) is 0 Å². The lowest BCUT2D eigenvalue weighted by molar-refractivity contribution is 0.660. The monoisotopic (exact) mass is 670 g/mol. The van der Waals surface area contributed by atoms with Crippen LogP contribution in [-0.2, 0) is 11.8 Å². The average Bonchev–Trinajstić information content (AvgIpc) is 3.63. The second kappa shape index (κ2) is 11.3. The summed E-state index contributed by atoms with van der Waals surface area (Å²) in [6.45, 7) is 9.37. The largest absolute Gasteiger partial charge is 0.135 e. The van der Waals surface area contributed by atoms with Gasteiger partial charge < -0.3 is 0 Å². The quantitative estimate of drug-likeness (QED) is 0.175. The van der Waals surface area contributed by atoms with Crippen LogP contribution in [0.15, 0.2) is 146 Å². The fraction of sp³-hybridized carbons (Fsp3) is 0.120. The molecule has 1 heterocycles. The van der Waals surface area contributed by atoms with E-state index in [-0.39, 0.29) is 5.41 Å². The van der Waals surface area contributed by atoms with Gasteiger partial charge in [0.05, 0.1) is 0 Å². The predicted octanol–water partition coefficient (Wildman–Crippen LogP) is 14.2. The molecule has 1 aliphatic carbocycles. The summed E-state index contributed by atoms with van der Waals surface area (Å²) in [4.78, 5) is 0. The second-order valence-corrected chi connectivity index (χ2v) is 16.0. The third-order valence-electron chi connectivity index (χ3n) is 11.7. The molecule has 0 saturated carbocycles. The summed E-state index contributed by atoms with van der Waals surface area (Å²) in [6.07, 6.45) is 0.857. The summed E-state index contributed by atoms with van der Waals surface area (Å²) in [7, 11) is 0. The van der Waals surface area contributed by atoms with Gasteiger partial charge in [0.15, 0.2) is 0 Å². The number of hydrogen-bond donors (Lipinski definition) is 0. The molecule has 0 saturated heterocycles. The maximum absolute atomic E-state index is 2.48. The van der Waals surface area contributed by atoms with Crippen LogP contribution in [0.3, 0.4) is 0 Å². The molecule has 8 aromatic carbocycles. The van der Waals surface area contributed by atoms with Gasteiger partial charge in [0.2, 0.25) is 0 Å². The summed E-state index contributed by atoms with van der Waals surface area (Å²) >= 11 is 1.92. The van der Waals surface area contributed by atoms with E-state index in [9.17, 15) is 0 Å². The van der Waals surface area contributed by atoms with Gasteiger partial charge in [-0.05, 0) is 133 Å². The Balaban J connectivity index is 1.14. The molecule has 1 aliphatic rings. The second-order valence-electron chi connectivity index (χ2n) is 14.9. The van der Waals surface area contributed by atoms with E-state index in [0.717, 1.165) is 6.42 Å². The Labute approximate surface area is 303 Å². The molecule has 0 radical (unpaired) electrons. The van der Waals surface area contributed by atoms with E-state index < -0.39 is 0 Å². The van der Waals surface area contributed by atoms with Crippen molar-refractivity contribution in [1.29, 1.82) is 0 Å². The first-order chi connectivity index (χ1) is 24.9. The normalized spacial score (nSPS) is 13.3. The van der Waals surface area contributed by atoms with Crippen LogP contribution >= 0.6 is 11.3 Å². The van der Waals surface area contributed by atoms with E-state index >= 15 is 0 Å². The minimum Gasteiger partial charge on any atom is -0.135 e. The third-order valence-corrected chi connectivity index (χ3v) is 12.9. The van der Waals surface area contributed by atoms with E-state index in [1.165, 1.54) is 108 Å². The van der Waals surface area contributed by atoms with Crippen molar-refractivity contribution < 1.29 is 0 Å². The molecule has 0 aliphatic heterocycles. The van der Waals surface area contributed by atoms with Crippen molar-refractivity contribution >= 4 is 53.1 Å². The molecule has 244 valence electrons. The van der Waals surface area contributed by atoms with Crippen LogP contribution in [0.1, 0.15) is 47.2 Å². The molecule has 1 aromatic heterocycles. The zero-order chi connectivity index (χ0) is 34.4. The highest BCUT2D eigenvalue weighted by atomic mass is 32.1. The van der Waals surface area contributed by atoms with Crippen molar-refractivity contribution in [2.24, 2.45) is 0 Å². The van der Waals surface area contributed by atoms with Crippen LogP contribution in [-0.4, -0.2) is 0 Å². The van der Waals surface area contributed by atoms with E-state index in [1.807, 2.05) is 11.3 Å². The molecule has 1 heteroatoms. The van der Waals surface area contributed by atoms with Gasteiger partial charge >= 0.3 is 0 Å². The third kappa shape index (κ3) is 4.58. The fourth-order valence-electron chi connectivity index (χ4n) is 9.00. The zero-order valence-electron chi connectivity index (χ0n) is 29.5. The van der Waals surface area contributed by atoms with Crippen LogP contribution < -0.4 is 0 Å². The molecular weight excluding hydrogens is 633 g/mol. The van der Waals surface area contributed by atoms with Crippen molar-refractivity contribution in [1.82, 2.24) is 0 Å². The van der Waals surface area contributed by atoms with Gasteiger partial charge in [-0.15, -0.1) is 11.3 Å². The van der Waals surface area contributed by atoms with Gasteiger partial charge in [-0.25, -0.2) is 0 Å². The minimum atomic E-state index is -0.0467. The van der Waals surface area contributed by atoms with Crippen LogP contribution in [0.25, 0.3) is 75.1 Å². The lowest BCUT2D eigenvalue weighted by Crippen LogP contribution is -2.15. The molecule has 10 rings (SSSR count). The maximum Gasteiger partial charge on any atom is 0.0433 e. The predicted molar refractivity (Wildman–Crippen MR) is 222 cm³/mol. The topological polar surface area (TPSA) is 0 Å².